The zero-order chi connectivity index (χ0) is 17.2. The number of nitrogens with zero attached hydrogens (tertiary/aromatic N) is 1. The predicted molar refractivity (Wildman–Crippen MR) is 83.7 cm³/mol. The van der Waals surface area contributed by atoms with Crippen LogP contribution in [0, 0.1) is 0 Å². The molecule has 2 rings (SSSR count). The maximum Gasteiger partial charge on any atom is 0.410 e. The van der Waals surface area contributed by atoms with Gasteiger partial charge in [-0.15, -0.1) is 0 Å². The van der Waals surface area contributed by atoms with Crippen LogP contribution in [0.5, 0.6) is 0 Å². The molecule has 0 aliphatic carbocycles. The lowest BCUT2D eigenvalue weighted by Crippen LogP contribution is -2.33. The molecule has 0 aromatic heterocycles. The van der Waals surface area contributed by atoms with E-state index in [9.17, 15) is 18.0 Å². The maximum absolute atomic E-state index is 12.7. The highest BCUT2D eigenvalue weighted by Crippen LogP contribution is 2.25. The fourth-order valence-electron chi connectivity index (χ4n) is 2.44. The molecular weight excluding hydrogens is 320 g/mol. The lowest BCUT2D eigenvalue weighted by molar-refractivity contribution is 0.0837. The number of likely N-dealkylation sites (tertiary alicyclic amines) is 1. The van der Waals surface area contributed by atoms with Gasteiger partial charge < -0.3 is 15.4 Å². The van der Waals surface area contributed by atoms with Crippen LogP contribution in [0.4, 0.5) is 4.79 Å². The zero-order valence-corrected chi connectivity index (χ0v) is 13.9. The van der Waals surface area contributed by atoms with Gasteiger partial charge in [0.05, 0.1) is 16.2 Å². The van der Waals surface area contributed by atoms with Crippen molar-refractivity contribution in [1.29, 1.82) is 0 Å². The van der Waals surface area contributed by atoms with Gasteiger partial charge in [-0.05, 0) is 38.5 Å². The summed E-state index contributed by atoms with van der Waals surface area (Å²) in [4.78, 5) is 24.5. The third-order valence-corrected chi connectivity index (χ3v) is 5.80. The van der Waals surface area contributed by atoms with Crippen molar-refractivity contribution < 1.29 is 22.7 Å². The Bertz CT molecular complexity index is 714. The molecule has 1 aliphatic heterocycles. The van der Waals surface area contributed by atoms with Gasteiger partial charge in [-0.25, -0.2) is 13.2 Å². The van der Waals surface area contributed by atoms with Crippen LogP contribution in [-0.4, -0.2) is 49.8 Å². The van der Waals surface area contributed by atoms with Crippen LogP contribution >= 0.6 is 0 Å². The number of nitrogens with two attached hydrogens (primary N) is 1. The fourth-order valence-corrected chi connectivity index (χ4v) is 4.18. The summed E-state index contributed by atoms with van der Waals surface area (Å²) in [5.41, 5.74) is 5.32. The Labute approximate surface area is 135 Å². The van der Waals surface area contributed by atoms with Crippen molar-refractivity contribution in [2.45, 2.75) is 36.5 Å². The standard InChI is InChI=1S/C15H20N2O5S/c1-10(2)22-15(19)17-7-6-13(9-17)23(20,21)12-5-3-4-11(8-12)14(16)18/h3-5,8,10,13H,6-7,9H2,1-2H3,(H2,16,18)/t13-/m1/s1. The van der Waals surface area contributed by atoms with Crippen LogP contribution in [0.2, 0.25) is 0 Å². The molecule has 0 bridgehead atoms. The molecule has 1 saturated heterocycles. The van der Waals surface area contributed by atoms with Crippen LogP contribution in [0.3, 0.4) is 0 Å². The van der Waals surface area contributed by atoms with E-state index in [-0.39, 0.29) is 23.1 Å². The first-order valence-electron chi connectivity index (χ1n) is 7.31. The van der Waals surface area contributed by atoms with E-state index in [2.05, 4.69) is 0 Å². The largest absolute Gasteiger partial charge is 0.447 e. The highest BCUT2D eigenvalue weighted by atomic mass is 32.2. The van der Waals surface area contributed by atoms with Crippen molar-refractivity contribution in [3.8, 4) is 0 Å². The molecule has 2 N–H and O–H groups in total. The highest BCUT2D eigenvalue weighted by Gasteiger charge is 2.37. The average Bonchev–Trinajstić information content (AvgIpc) is 2.97. The monoisotopic (exact) mass is 340 g/mol. The summed E-state index contributed by atoms with van der Waals surface area (Å²) in [6, 6.07) is 5.64. The summed E-state index contributed by atoms with van der Waals surface area (Å²) in [6.07, 6.45) is -0.440. The lowest BCUT2D eigenvalue weighted by Gasteiger charge is -2.18. The Morgan fingerprint density at radius 2 is 2.04 bits per heavy atom. The van der Waals surface area contributed by atoms with Crippen molar-refractivity contribution in [2.24, 2.45) is 5.73 Å². The fraction of sp³-hybridized carbons (Fsp3) is 0.467. The van der Waals surface area contributed by atoms with Crippen molar-refractivity contribution >= 4 is 21.8 Å². The Morgan fingerprint density at radius 3 is 2.65 bits per heavy atom. The van der Waals surface area contributed by atoms with Gasteiger partial charge in [0, 0.05) is 18.7 Å². The number of hydrogen-bond donors (Lipinski definition) is 1. The number of primary amides is 1. The highest BCUT2D eigenvalue weighted by molar-refractivity contribution is 7.92. The van der Waals surface area contributed by atoms with E-state index >= 15 is 0 Å². The Kier molecular flexibility index (Phi) is 4.93. The number of carbonyl (C=O) groups is 2. The van der Waals surface area contributed by atoms with Crippen molar-refractivity contribution in [3.05, 3.63) is 29.8 Å². The number of rotatable bonds is 4. The summed E-state index contributed by atoms with van der Waals surface area (Å²) < 4.78 is 30.4. The van der Waals surface area contributed by atoms with Gasteiger partial charge in [0.1, 0.15) is 0 Å². The number of hydrogen-bond acceptors (Lipinski definition) is 5. The molecule has 1 aromatic rings. The number of sulfone groups is 1. The molecule has 2 amide bonds. The molecule has 0 unspecified atom stereocenters. The van der Waals surface area contributed by atoms with E-state index in [0.717, 1.165) is 0 Å². The molecule has 0 saturated carbocycles. The lowest BCUT2D eigenvalue weighted by atomic mass is 10.2. The van der Waals surface area contributed by atoms with E-state index in [1.165, 1.54) is 29.2 Å². The number of carbonyl (C=O) groups excluding carboxylic acids is 2. The summed E-state index contributed by atoms with van der Waals surface area (Å²) in [6.45, 7) is 3.87. The maximum atomic E-state index is 12.7. The molecule has 1 fully saturated rings. The van der Waals surface area contributed by atoms with E-state index in [1.807, 2.05) is 0 Å². The van der Waals surface area contributed by atoms with Gasteiger partial charge in [0.2, 0.25) is 5.91 Å². The third kappa shape index (κ3) is 3.82. The van der Waals surface area contributed by atoms with E-state index in [1.54, 1.807) is 13.8 Å². The second-order valence-corrected chi connectivity index (χ2v) is 7.95. The third-order valence-electron chi connectivity index (χ3n) is 3.63. The first-order valence-corrected chi connectivity index (χ1v) is 8.85. The number of benzene rings is 1. The molecular formula is C15H20N2O5S. The molecule has 1 aliphatic rings. The minimum Gasteiger partial charge on any atom is -0.447 e. The summed E-state index contributed by atoms with van der Waals surface area (Å²) in [7, 11) is -3.65. The zero-order valence-electron chi connectivity index (χ0n) is 13.1. The Balaban J connectivity index is 2.17. The van der Waals surface area contributed by atoms with Gasteiger partial charge in [0.25, 0.3) is 0 Å². The molecule has 0 spiro atoms. The SMILES string of the molecule is CC(C)OC(=O)N1CC[C@@H](S(=O)(=O)c2cccc(C(N)=O)c2)C1. The normalized spacial score (nSPS) is 18.2. The smallest absolute Gasteiger partial charge is 0.410 e. The summed E-state index contributed by atoms with van der Waals surface area (Å²) >= 11 is 0. The van der Waals surface area contributed by atoms with Crippen molar-refractivity contribution in [2.75, 3.05) is 13.1 Å². The predicted octanol–water partition coefficient (Wildman–Crippen LogP) is 1.18. The number of amides is 2. The Hall–Kier alpha value is -2.09. The second kappa shape index (κ2) is 6.57. The molecule has 0 radical (unpaired) electrons. The molecule has 1 atom stereocenters. The summed E-state index contributed by atoms with van der Waals surface area (Å²) in [5.74, 6) is -0.685. The van der Waals surface area contributed by atoms with Crippen LogP contribution < -0.4 is 5.73 Å². The minimum atomic E-state index is -3.65. The van der Waals surface area contributed by atoms with Gasteiger partial charge in [0.15, 0.2) is 9.84 Å². The van der Waals surface area contributed by atoms with Gasteiger partial charge in [-0.1, -0.05) is 6.07 Å². The van der Waals surface area contributed by atoms with Crippen molar-refractivity contribution in [1.82, 2.24) is 4.90 Å². The molecule has 1 aromatic carbocycles. The van der Waals surface area contributed by atoms with Gasteiger partial charge in [-0.3, -0.25) is 4.79 Å². The van der Waals surface area contributed by atoms with Crippen molar-refractivity contribution in [3.63, 3.8) is 0 Å². The van der Waals surface area contributed by atoms with E-state index in [0.29, 0.717) is 13.0 Å². The van der Waals surface area contributed by atoms with Crippen LogP contribution in [0.1, 0.15) is 30.6 Å². The molecule has 126 valence electrons. The first-order chi connectivity index (χ1) is 10.7. The van der Waals surface area contributed by atoms with Gasteiger partial charge in [-0.2, -0.15) is 0 Å². The van der Waals surface area contributed by atoms with Crippen LogP contribution in [0.15, 0.2) is 29.2 Å². The second-order valence-electron chi connectivity index (χ2n) is 5.73. The van der Waals surface area contributed by atoms with Gasteiger partial charge >= 0.3 is 6.09 Å². The molecule has 7 nitrogen and oxygen atoms in total. The minimum absolute atomic E-state index is 0.0397. The topological polar surface area (TPSA) is 107 Å². The quantitative estimate of drug-likeness (QED) is 0.885. The van der Waals surface area contributed by atoms with Crippen LogP contribution in [-0.2, 0) is 14.6 Å². The summed E-state index contributed by atoms with van der Waals surface area (Å²) in [5, 5.41) is -0.717. The number of ether oxygens (including phenoxy) is 1. The first kappa shape index (κ1) is 17.3. The molecule has 8 heteroatoms. The average molecular weight is 340 g/mol. The van der Waals surface area contributed by atoms with E-state index < -0.39 is 27.1 Å². The Morgan fingerprint density at radius 1 is 1.35 bits per heavy atom. The van der Waals surface area contributed by atoms with Crippen LogP contribution in [0.25, 0.3) is 0 Å². The molecule has 23 heavy (non-hydrogen) atoms. The molecule has 1 heterocycles. The van der Waals surface area contributed by atoms with E-state index in [4.69, 9.17) is 10.5 Å².